The Morgan fingerprint density at radius 1 is 1.45 bits per heavy atom. The van der Waals surface area contributed by atoms with E-state index in [-0.39, 0.29) is 0 Å². The van der Waals surface area contributed by atoms with Crippen molar-refractivity contribution in [3.05, 3.63) is 30.4 Å². The summed E-state index contributed by atoms with van der Waals surface area (Å²) in [7, 11) is 0. The Kier molecular flexibility index (Phi) is 1.33. The van der Waals surface area contributed by atoms with Gasteiger partial charge in [0.15, 0.2) is 0 Å². The van der Waals surface area contributed by atoms with Gasteiger partial charge in [0.2, 0.25) is 0 Å². The summed E-state index contributed by atoms with van der Waals surface area (Å²) in [5.41, 5.74) is 7.49. The third-order valence-corrected chi connectivity index (χ3v) is 1.62. The van der Waals surface area contributed by atoms with Crippen LogP contribution in [0, 0.1) is 0 Å². The first-order valence-corrected chi connectivity index (χ1v) is 3.38. The fourth-order valence-corrected chi connectivity index (χ4v) is 1.04. The van der Waals surface area contributed by atoms with Crippen LogP contribution in [-0.2, 0) is 6.54 Å². The van der Waals surface area contributed by atoms with Gasteiger partial charge in [0.05, 0.1) is 17.9 Å². The number of hydrogen-bond acceptors (Lipinski definition) is 3. The molecule has 0 aromatic carbocycles. The molecule has 0 radical (unpaired) electrons. The maximum absolute atomic E-state index is 5.48. The molecule has 2 N–H and O–H groups in total. The van der Waals surface area contributed by atoms with E-state index in [1.54, 1.807) is 29.3 Å². The molecule has 0 unspecified atom stereocenters. The second-order valence-corrected chi connectivity index (χ2v) is 2.28. The van der Waals surface area contributed by atoms with Gasteiger partial charge in [0.1, 0.15) is 0 Å². The Hall–Kier alpha value is -1.42. The molecule has 2 aromatic heterocycles. The van der Waals surface area contributed by atoms with Gasteiger partial charge in [0, 0.05) is 24.5 Å². The second kappa shape index (κ2) is 2.32. The zero-order valence-corrected chi connectivity index (χ0v) is 5.94. The lowest BCUT2D eigenvalue weighted by Gasteiger charge is -1.91. The molecule has 11 heavy (non-hydrogen) atoms. The maximum Gasteiger partial charge on any atom is 0.0889 e. The molecule has 4 nitrogen and oxygen atoms in total. The summed E-state index contributed by atoms with van der Waals surface area (Å²) in [5.74, 6) is 0. The molecule has 0 bridgehead atoms. The van der Waals surface area contributed by atoms with Gasteiger partial charge in [-0.2, -0.15) is 5.10 Å². The molecule has 2 aromatic rings. The van der Waals surface area contributed by atoms with Crippen molar-refractivity contribution in [2.24, 2.45) is 5.73 Å². The van der Waals surface area contributed by atoms with Gasteiger partial charge in [-0.15, -0.1) is 0 Å². The van der Waals surface area contributed by atoms with Crippen molar-refractivity contribution in [2.45, 2.75) is 6.54 Å². The van der Waals surface area contributed by atoms with Crippen molar-refractivity contribution in [3.8, 4) is 0 Å². The van der Waals surface area contributed by atoms with Crippen LogP contribution < -0.4 is 5.73 Å². The van der Waals surface area contributed by atoms with Crippen LogP contribution in [0.4, 0.5) is 0 Å². The van der Waals surface area contributed by atoms with E-state index >= 15 is 0 Å². The molecule has 0 aliphatic rings. The quantitative estimate of drug-likeness (QED) is 0.628. The molecular formula is C7H8N4. The van der Waals surface area contributed by atoms with Gasteiger partial charge in [-0.3, -0.25) is 4.98 Å². The summed E-state index contributed by atoms with van der Waals surface area (Å²) in [6.45, 7) is 0.509. The Morgan fingerprint density at radius 2 is 2.36 bits per heavy atom. The average molecular weight is 148 g/mol. The van der Waals surface area contributed by atoms with Crippen LogP contribution in [-0.4, -0.2) is 14.6 Å². The third kappa shape index (κ3) is 0.877. The normalized spacial score (nSPS) is 10.6. The summed E-state index contributed by atoms with van der Waals surface area (Å²) >= 11 is 0. The molecule has 0 fully saturated rings. The lowest BCUT2D eigenvalue weighted by atomic mass is 10.3. The lowest BCUT2D eigenvalue weighted by molar-refractivity contribution is 0.946. The molecule has 0 spiro atoms. The highest BCUT2D eigenvalue weighted by Crippen LogP contribution is 2.06. The van der Waals surface area contributed by atoms with E-state index < -0.39 is 0 Å². The number of aromatic nitrogens is 3. The molecule has 2 rings (SSSR count). The van der Waals surface area contributed by atoms with E-state index in [2.05, 4.69) is 10.1 Å². The molecule has 56 valence electrons. The number of rotatable bonds is 1. The summed E-state index contributed by atoms with van der Waals surface area (Å²) < 4.78 is 1.76. The lowest BCUT2D eigenvalue weighted by Crippen LogP contribution is -1.95. The summed E-state index contributed by atoms with van der Waals surface area (Å²) in [6, 6.07) is 0. The van der Waals surface area contributed by atoms with Crippen molar-refractivity contribution in [1.29, 1.82) is 0 Å². The maximum atomic E-state index is 5.48. The molecule has 0 aliphatic carbocycles. The van der Waals surface area contributed by atoms with Gasteiger partial charge in [-0.25, -0.2) is 4.52 Å². The molecule has 0 saturated heterocycles. The van der Waals surface area contributed by atoms with Gasteiger partial charge < -0.3 is 5.73 Å². The summed E-state index contributed by atoms with van der Waals surface area (Å²) in [6.07, 6.45) is 7.01. The zero-order chi connectivity index (χ0) is 7.68. The third-order valence-electron chi connectivity index (χ3n) is 1.62. The summed E-state index contributed by atoms with van der Waals surface area (Å²) in [4.78, 5) is 3.98. The molecule has 4 heteroatoms. The SMILES string of the molecule is NCc1cnn2ccncc12. The fourth-order valence-electron chi connectivity index (χ4n) is 1.04. The van der Waals surface area contributed by atoms with E-state index in [1.165, 1.54) is 0 Å². The second-order valence-electron chi connectivity index (χ2n) is 2.28. The largest absolute Gasteiger partial charge is 0.326 e. The Labute approximate surface area is 63.7 Å². The topological polar surface area (TPSA) is 56.2 Å². The van der Waals surface area contributed by atoms with Crippen molar-refractivity contribution in [1.82, 2.24) is 14.6 Å². The minimum Gasteiger partial charge on any atom is -0.326 e. The number of nitrogens with two attached hydrogens (primary N) is 1. The van der Waals surface area contributed by atoms with Crippen LogP contribution in [0.2, 0.25) is 0 Å². The minimum absolute atomic E-state index is 0.509. The molecular weight excluding hydrogens is 140 g/mol. The molecule has 0 atom stereocenters. The van der Waals surface area contributed by atoms with Gasteiger partial charge in [-0.05, 0) is 0 Å². The van der Waals surface area contributed by atoms with Crippen LogP contribution in [0.5, 0.6) is 0 Å². The van der Waals surface area contributed by atoms with Crippen LogP contribution in [0.3, 0.4) is 0 Å². The van der Waals surface area contributed by atoms with E-state index in [1.807, 2.05) is 0 Å². The highest BCUT2D eigenvalue weighted by atomic mass is 15.2. The highest BCUT2D eigenvalue weighted by Gasteiger charge is 1.99. The highest BCUT2D eigenvalue weighted by molar-refractivity contribution is 5.51. The predicted octanol–water partition coefficient (Wildman–Crippen LogP) is 0.188. The van der Waals surface area contributed by atoms with Crippen LogP contribution in [0.1, 0.15) is 5.56 Å². The summed E-state index contributed by atoms with van der Waals surface area (Å²) in [5, 5.41) is 4.09. The smallest absolute Gasteiger partial charge is 0.0889 e. The standard InChI is InChI=1S/C7H8N4/c8-3-6-4-10-11-2-1-9-5-7(6)11/h1-2,4-5H,3,8H2. The molecule has 0 saturated carbocycles. The van der Waals surface area contributed by atoms with E-state index in [4.69, 9.17) is 5.73 Å². The van der Waals surface area contributed by atoms with Gasteiger partial charge in [-0.1, -0.05) is 0 Å². The minimum atomic E-state index is 0.509. The van der Waals surface area contributed by atoms with E-state index in [0.29, 0.717) is 6.54 Å². The van der Waals surface area contributed by atoms with Gasteiger partial charge >= 0.3 is 0 Å². The Bertz CT molecular complexity index is 365. The van der Waals surface area contributed by atoms with E-state index in [9.17, 15) is 0 Å². The van der Waals surface area contributed by atoms with Crippen LogP contribution in [0.15, 0.2) is 24.8 Å². The number of fused-ring (bicyclic) bond motifs is 1. The monoisotopic (exact) mass is 148 g/mol. The van der Waals surface area contributed by atoms with Crippen LogP contribution >= 0.6 is 0 Å². The van der Waals surface area contributed by atoms with Gasteiger partial charge in [0.25, 0.3) is 0 Å². The zero-order valence-electron chi connectivity index (χ0n) is 5.94. The van der Waals surface area contributed by atoms with Crippen molar-refractivity contribution in [3.63, 3.8) is 0 Å². The first-order valence-electron chi connectivity index (χ1n) is 3.38. The van der Waals surface area contributed by atoms with E-state index in [0.717, 1.165) is 11.1 Å². The first-order chi connectivity index (χ1) is 5.42. The fraction of sp³-hybridized carbons (Fsp3) is 0.143. The van der Waals surface area contributed by atoms with Crippen molar-refractivity contribution >= 4 is 5.52 Å². The van der Waals surface area contributed by atoms with Crippen molar-refractivity contribution < 1.29 is 0 Å². The first kappa shape index (κ1) is 6.30. The molecule has 2 heterocycles. The number of hydrogen-bond donors (Lipinski definition) is 1. The van der Waals surface area contributed by atoms with Crippen LogP contribution in [0.25, 0.3) is 5.52 Å². The number of nitrogens with zero attached hydrogens (tertiary/aromatic N) is 3. The molecule has 0 aliphatic heterocycles. The average Bonchev–Trinajstić information content (AvgIpc) is 2.47. The Morgan fingerprint density at radius 3 is 3.18 bits per heavy atom. The molecule has 0 amide bonds. The van der Waals surface area contributed by atoms with Crippen molar-refractivity contribution in [2.75, 3.05) is 0 Å². The predicted molar refractivity (Wildman–Crippen MR) is 40.9 cm³/mol. The Balaban J connectivity index is 2.76.